The first-order chi connectivity index (χ1) is 15.1. The summed E-state index contributed by atoms with van der Waals surface area (Å²) in [6.07, 6.45) is 0.842. The SMILES string of the molecule is COc1c(C)c2c3c(c1O[C@H]1OC[C@H](O)[C@@H](O)[C@@H]1O)[C@@H](C)CC[C@@H]3[C@@H](C)C[C@@H]2C=C(C)C. The minimum absolute atomic E-state index is 0.0949. The van der Waals surface area contributed by atoms with Gasteiger partial charge in [0.15, 0.2) is 11.5 Å². The number of aliphatic hydroxyl groups is 3. The van der Waals surface area contributed by atoms with Crippen LogP contribution in [0.2, 0.25) is 0 Å². The maximum atomic E-state index is 10.5. The van der Waals surface area contributed by atoms with Crippen LogP contribution in [-0.4, -0.2) is 53.6 Å². The molecule has 1 saturated heterocycles. The minimum atomic E-state index is -1.35. The Morgan fingerprint density at radius 3 is 2.38 bits per heavy atom. The summed E-state index contributed by atoms with van der Waals surface area (Å²) in [6, 6.07) is 0. The summed E-state index contributed by atoms with van der Waals surface area (Å²) in [5, 5.41) is 30.5. The lowest BCUT2D eigenvalue weighted by Crippen LogP contribution is -2.54. The molecule has 2 aliphatic carbocycles. The van der Waals surface area contributed by atoms with Crippen molar-refractivity contribution in [2.45, 2.75) is 96.2 Å². The second kappa shape index (κ2) is 8.98. The second-order valence-corrected chi connectivity index (χ2v) is 10.2. The highest BCUT2D eigenvalue weighted by atomic mass is 16.7. The predicted molar refractivity (Wildman–Crippen MR) is 122 cm³/mol. The molecule has 1 aromatic rings. The van der Waals surface area contributed by atoms with E-state index in [9.17, 15) is 15.3 Å². The molecule has 6 heteroatoms. The lowest BCUT2D eigenvalue weighted by molar-refractivity contribution is -0.242. The third kappa shape index (κ3) is 3.85. The Balaban J connectivity index is 1.89. The van der Waals surface area contributed by atoms with Gasteiger partial charge in [-0.05, 0) is 74.5 Å². The van der Waals surface area contributed by atoms with Gasteiger partial charge >= 0.3 is 0 Å². The zero-order valence-electron chi connectivity index (χ0n) is 20.1. The molecular weight excluding hydrogens is 408 g/mol. The first kappa shape index (κ1) is 23.6. The molecule has 0 aromatic heterocycles. The topological polar surface area (TPSA) is 88.4 Å². The van der Waals surface area contributed by atoms with Crippen LogP contribution in [-0.2, 0) is 4.74 Å². The second-order valence-electron chi connectivity index (χ2n) is 10.2. The summed E-state index contributed by atoms with van der Waals surface area (Å²) < 4.78 is 17.8. The molecule has 0 amide bonds. The molecule has 0 spiro atoms. The van der Waals surface area contributed by atoms with Crippen molar-refractivity contribution in [1.82, 2.24) is 0 Å². The quantitative estimate of drug-likeness (QED) is 0.608. The van der Waals surface area contributed by atoms with E-state index in [0.29, 0.717) is 29.3 Å². The van der Waals surface area contributed by atoms with Crippen molar-refractivity contribution in [3.63, 3.8) is 0 Å². The largest absolute Gasteiger partial charge is 0.493 e. The van der Waals surface area contributed by atoms with Crippen molar-refractivity contribution < 1.29 is 29.5 Å². The summed E-state index contributed by atoms with van der Waals surface area (Å²) in [7, 11) is 1.65. The average molecular weight is 447 g/mol. The van der Waals surface area contributed by atoms with Crippen LogP contribution >= 0.6 is 0 Å². The Morgan fingerprint density at radius 2 is 1.72 bits per heavy atom. The Hall–Kier alpha value is -1.60. The summed E-state index contributed by atoms with van der Waals surface area (Å²) in [5.41, 5.74) is 6.27. The van der Waals surface area contributed by atoms with Gasteiger partial charge in [0.25, 0.3) is 0 Å². The molecule has 3 N–H and O–H groups in total. The van der Waals surface area contributed by atoms with E-state index in [-0.39, 0.29) is 12.5 Å². The van der Waals surface area contributed by atoms with Gasteiger partial charge in [-0.3, -0.25) is 0 Å². The molecule has 4 rings (SSSR count). The Bertz CT molecular complexity index is 889. The van der Waals surface area contributed by atoms with Crippen LogP contribution < -0.4 is 9.47 Å². The maximum absolute atomic E-state index is 10.5. The molecule has 0 radical (unpaired) electrons. The molecule has 6 nitrogen and oxygen atoms in total. The van der Waals surface area contributed by atoms with Crippen molar-refractivity contribution >= 4 is 0 Å². The molecule has 1 aliphatic heterocycles. The fourth-order valence-corrected chi connectivity index (χ4v) is 6.14. The van der Waals surface area contributed by atoms with E-state index in [0.717, 1.165) is 30.4 Å². The van der Waals surface area contributed by atoms with Crippen LogP contribution in [0.3, 0.4) is 0 Å². The highest BCUT2D eigenvalue weighted by molar-refractivity contribution is 5.65. The van der Waals surface area contributed by atoms with Crippen LogP contribution in [0.15, 0.2) is 11.6 Å². The smallest absolute Gasteiger partial charge is 0.229 e. The number of rotatable bonds is 4. The zero-order chi connectivity index (χ0) is 23.3. The van der Waals surface area contributed by atoms with Crippen molar-refractivity contribution in [2.75, 3.05) is 13.7 Å². The number of ether oxygens (including phenoxy) is 3. The number of benzene rings is 1. The Morgan fingerprint density at radius 1 is 1.00 bits per heavy atom. The molecule has 0 unspecified atom stereocenters. The van der Waals surface area contributed by atoms with E-state index < -0.39 is 24.6 Å². The molecule has 1 heterocycles. The molecule has 0 bridgehead atoms. The lowest BCUT2D eigenvalue weighted by atomic mass is 9.62. The standard InChI is InChI=1S/C26H38O6/c1-12(2)9-16-10-14(4)17-8-7-13(3)19-21(17)20(16)15(5)24(30-6)25(19)32-26-23(29)22(28)18(27)11-31-26/h9,13-14,16-18,22-23,26-29H,7-8,10-11H2,1-6H3/t13-,14-,16-,17+,18-,22+,23-,26+/m0/s1. The monoisotopic (exact) mass is 446 g/mol. The fourth-order valence-electron chi connectivity index (χ4n) is 6.14. The normalized spacial score (nSPS) is 36.3. The zero-order valence-corrected chi connectivity index (χ0v) is 20.1. The Kier molecular flexibility index (Phi) is 6.61. The van der Waals surface area contributed by atoms with E-state index >= 15 is 0 Å². The number of hydrogen-bond acceptors (Lipinski definition) is 6. The van der Waals surface area contributed by atoms with Crippen LogP contribution in [0.25, 0.3) is 0 Å². The third-order valence-electron chi connectivity index (χ3n) is 7.66. The van der Waals surface area contributed by atoms with Crippen LogP contribution in [0.1, 0.15) is 87.0 Å². The van der Waals surface area contributed by atoms with E-state index in [2.05, 4.69) is 40.7 Å². The highest BCUT2D eigenvalue weighted by Crippen LogP contribution is 2.58. The van der Waals surface area contributed by atoms with Gasteiger partial charge < -0.3 is 29.5 Å². The van der Waals surface area contributed by atoms with Crippen molar-refractivity contribution in [3.8, 4) is 11.5 Å². The molecular formula is C26H38O6. The van der Waals surface area contributed by atoms with E-state index in [1.54, 1.807) is 7.11 Å². The average Bonchev–Trinajstić information content (AvgIpc) is 2.73. The van der Waals surface area contributed by atoms with Crippen molar-refractivity contribution in [1.29, 1.82) is 0 Å². The van der Waals surface area contributed by atoms with Gasteiger partial charge in [0.1, 0.15) is 18.3 Å². The van der Waals surface area contributed by atoms with E-state index in [1.807, 2.05) is 0 Å². The minimum Gasteiger partial charge on any atom is -0.493 e. The number of methoxy groups -OCH3 is 1. The van der Waals surface area contributed by atoms with Gasteiger partial charge in [-0.15, -0.1) is 0 Å². The molecule has 8 atom stereocenters. The van der Waals surface area contributed by atoms with E-state index in [4.69, 9.17) is 14.2 Å². The van der Waals surface area contributed by atoms with Gasteiger partial charge in [0, 0.05) is 11.5 Å². The fraction of sp³-hybridized carbons (Fsp3) is 0.692. The molecule has 178 valence electrons. The Labute approximate surface area is 191 Å². The van der Waals surface area contributed by atoms with Crippen LogP contribution in [0, 0.1) is 12.8 Å². The van der Waals surface area contributed by atoms with Gasteiger partial charge in [-0.2, -0.15) is 0 Å². The van der Waals surface area contributed by atoms with Crippen molar-refractivity contribution in [3.05, 3.63) is 33.9 Å². The maximum Gasteiger partial charge on any atom is 0.229 e. The third-order valence-corrected chi connectivity index (χ3v) is 7.66. The molecule has 1 aromatic carbocycles. The van der Waals surface area contributed by atoms with Gasteiger partial charge in [0.05, 0.1) is 13.7 Å². The summed E-state index contributed by atoms with van der Waals surface area (Å²) >= 11 is 0. The number of hydrogen-bond donors (Lipinski definition) is 3. The number of allylic oxidation sites excluding steroid dienone is 2. The van der Waals surface area contributed by atoms with Gasteiger partial charge in [-0.25, -0.2) is 0 Å². The predicted octanol–water partition coefficient (Wildman–Crippen LogP) is 3.89. The molecule has 32 heavy (non-hydrogen) atoms. The molecule has 3 aliphatic rings. The highest BCUT2D eigenvalue weighted by Gasteiger charge is 2.44. The van der Waals surface area contributed by atoms with Gasteiger partial charge in [-0.1, -0.05) is 25.5 Å². The van der Waals surface area contributed by atoms with Crippen LogP contribution in [0.4, 0.5) is 0 Å². The van der Waals surface area contributed by atoms with E-state index in [1.165, 1.54) is 16.7 Å². The summed E-state index contributed by atoms with van der Waals surface area (Å²) in [5.74, 6) is 2.92. The number of aliphatic hydroxyl groups excluding tert-OH is 3. The first-order valence-electron chi connectivity index (χ1n) is 11.9. The molecule has 1 fully saturated rings. The summed E-state index contributed by atoms with van der Waals surface area (Å²) in [6.45, 7) is 10.9. The summed E-state index contributed by atoms with van der Waals surface area (Å²) in [4.78, 5) is 0. The van der Waals surface area contributed by atoms with Gasteiger partial charge in [0.2, 0.25) is 6.29 Å². The lowest BCUT2D eigenvalue weighted by Gasteiger charge is -2.44. The van der Waals surface area contributed by atoms with Crippen molar-refractivity contribution in [2.24, 2.45) is 5.92 Å². The molecule has 0 saturated carbocycles. The van der Waals surface area contributed by atoms with Crippen LogP contribution in [0.5, 0.6) is 11.5 Å². The first-order valence-corrected chi connectivity index (χ1v) is 11.9.